The molecule has 1 fully saturated rings. The topological polar surface area (TPSA) is 45.7 Å². The molecular weight excluding hydrogens is 406 g/mol. The SMILES string of the molecule is Cc1cc(C)cc(C(=O)N(CCCN2CCOCC2)c2nc3c(C)c(C)ccc3s2)c1. The molecule has 0 N–H and O–H groups in total. The Morgan fingerprint density at radius 1 is 1.10 bits per heavy atom. The molecule has 0 spiro atoms. The molecule has 1 aliphatic heterocycles. The minimum atomic E-state index is 0.0298. The third-order valence-corrected chi connectivity index (χ3v) is 7.02. The second-order valence-electron chi connectivity index (χ2n) is 8.49. The zero-order valence-corrected chi connectivity index (χ0v) is 19.7. The summed E-state index contributed by atoms with van der Waals surface area (Å²) in [5, 5.41) is 0.787. The highest BCUT2D eigenvalue weighted by Crippen LogP contribution is 2.33. The molecule has 2 heterocycles. The first-order chi connectivity index (χ1) is 14.9. The molecule has 4 rings (SSSR count). The Kier molecular flexibility index (Phi) is 6.70. The summed E-state index contributed by atoms with van der Waals surface area (Å²) in [6.45, 7) is 13.4. The quantitative estimate of drug-likeness (QED) is 0.550. The molecule has 164 valence electrons. The summed E-state index contributed by atoms with van der Waals surface area (Å²) in [6, 6.07) is 10.3. The lowest BCUT2D eigenvalue weighted by molar-refractivity contribution is 0.0376. The summed E-state index contributed by atoms with van der Waals surface area (Å²) in [5.74, 6) is 0.0298. The van der Waals surface area contributed by atoms with Crippen molar-refractivity contribution in [1.82, 2.24) is 9.88 Å². The highest BCUT2D eigenvalue weighted by molar-refractivity contribution is 7.22. The van der Waals surface area contributed by atoms with E-state index in [-0.39, 0.29) is 5.91 Å². The Bertz CT molecular complexity index is 1070. The average Bonchev–Trinajstić information content (AvgIpc) is 3.18. The standard InChI is InChI=1S/C25H31N3O2S/c1-17-14-18(2)16-21(15-17)24(29)28(9-5-8-27-10-12-30-13-11-27)25-26-23-20(4)19(3)6-7-22(23)31-25/h6-7,14-16H,5,8-13H2,1-4H3. The van der Waals surface area contributed by atoms with Crippen molar-refractivity contribution in [2.24, 2.45) is 0 Å². The lowest BCUT2D eigenvalue weighted by atomic mass is 10.1. The van der Waals surface area contributed by atoms with E-state index in [0.29, 0.717) is 6.54 Å². The third kappa shape index (κ3) is 4.97. The molecule has 31 heavy (non-hydrogen) atoms. The number of carbonyl (C=O) groups is 1. The lowest BCUT2D eigenvalue weighted by Gasteiger charge is -2.27. The van der Waals surface area contributed by atoms with Gasteiger partial charge in [0.1, 0.15) is 0 Å². The largest absolute Gasteiger partial charge is 0.379 e. The molecule has 6 heteroatoms. The van der Waals surface area contributed by atoms with Gasteiger partial charge in [-0.1, -0.05) is 34.6 Å². The summed E-state index contributed by atoms with van der Waals surface area (Å²) >= 11 is 1.61. The summed E-state index contributed by atoms with van der Waals surface area (Å²) in [7, 11) is 0. The van der Waals surface area contributed by atoms with Gasteiger partial charge in [-0.2, -0.15) is 0 Å². The number of aryl methyl sites for hydroxylation is 4. The van der Waals surface area contributed by atoms with Crippen molar-refractivity contribution in [2.45, 2.75) is 34.1 Å². The molecule has 3 aromatic rings. The number of ether oxygens (including phenoxy) is 1. The van der Waals surface area contributed by atoms with Gasteiger partial charge in [-0.05, 0) is 63.4 Å². The van der Waals surface area contributed by atoms with Crippen LogP contribution in [0.15, 0.2) is 30.3 Å². The number of hydrogen-bond acceptors (Lipinski definition) is 5. The van der Waals surface area contributed by atoms with Crippen LogP contribution >= 0.6 is 11.3 Å². The van der Waals surface area contributed by atoms with Crippen LogP contribution in [0.25, 0.3) is 10.2 Å². The van der Waals surface area contributed by atoms with E-state index in [1.807, 2.05) is 30.9 Å². The van der Waals surface area contributed by atoms with Gasteiger partial charge in [-0.15, -0.1) is 0 Å². The predicted octanol–water partition coefficient (Wildman–Crippen LogP) is 4.90. The lowest BCUT2D eigenvalue weighted by Crippen LogP contribution is -2.39. The first-order valence-electron chi connectivity index (χ1n) is 11.0. The van der Waals surface area contributed by atoms with Gasteiger partial charge < -0.3 is 4.74 Å². The highest BCUT2D eigenvalue weighted by atomic mass is 32.1. The number of anilines is 1. The molecule has 1 saturated heterocycles. The van der Waals surface area contributed by atoms with Crippen molar-refractivity contribution >= 4 is 32.6 Å². The molecule has 0 radical (unpaired) electrons. The summed E-state index contributed by atoms with van der Waals surface area (Å²) < 4.78 is 6.58. The van der Waals surface area contributed by atoms with Crippen LogP contribution in [-0.2, 0) is 4.74 Å². The van der Waals surface area contributed by atoms with Gasteiger partial charge in [0.15, 0.2) is 5.13 Å². The average molecular weight is 438 g/mol. The zero-order chi connectivity index (χ0) is 22.0. The number of rotatable bonds is 6. The number of fused-ring (bicyclic) bond motifs is 1. The maximum Gasteiger partial charge on any atom is 0.260 e. The fourth-order valence-corrected chi connectivity index (χ4v) is 5.19. The van der Waals surface area contributed by atoms with Gasteiger partial charge in [0.2, 0.25) is 0 Å². The number of hydrogen-bond donors (Lipinski definition) is 0. The fourth-order valence-electron chi connectivity index (χ4n) is 4.15. The van der Waals surface area contributed by atoms with Crippen LogP contribution in [0.2, 0.25) is 0 Å². The van der Waals surface area contributed by atoms with Gasteiger partial charge in [-0.3, -0.25) is 14.6 Å². The van der Waals surface area contributed by atoms with Gasteiger partial charge in [-0.25, -0.2) is 4.98 Å². The number of amides is 1. The highest BCUT2D eigenvalue weighted by Gasteiger charge is 2.23. The van der Waals surface area contributed by atoms with E-state index in [4.69, 9.17) is 9.72 Å². The Morgan fingerprint density at radius 3 is 2.52 bits per heavy atom. The van der Waals surface area contributed by atoms with Crippen LogP contribution in [0.3, 0.4) is 0 Å². The monoisotopic (exact) mass is 437 g/mol. The second kappa shape index (κ2) is 9.47. The number of benzene rings is 2. The number of carbonyl (C=O) groups excluding carboxylic acids is 1. The van der Waals surface area contributed by atoms with Crippen molar-refractivity contribution in [1.29, 1.82) is 0 Å². The summed E-state index contributed by atoms with van der Waals surface area (Å²) in [5.41, 5.74) is 6.36. The minimum Gasteiger partial charge on any atom is -0.379 e. The maximum absolute atomic E-state index is 13.6. The van der Waals surface area contributed by atoms with Crippen LogP contribution in [0.4, 0.5) is 5.13 Å². The van der Waals surface area contributed by atoms with E-state index >= 15 is 0 Å². The van der Waals surface area contributed by atoms with Crippen molar-refractivity contribution in [3.8, 4) is 0 Å². The third-order valence-electron chi connectivity index (χ3n) is 5.98. The maximum atomic E-state index is 13.6. The molecule has 0 bridgehead atoms. The van der Waals surface area contributed by atoms with Gasteiger partial charge in [0.05, 0.1) is 23.4 Å². The first-order valence-corrected chi connectivity index (χ1v) is 11.8. The number of thiazole rings is 1. The molecule has 0 saturated carbocycles. The van der Waals surface area contributed by atoms with Crippen molar-refractivity contribution in [3.63, 3.8) is 0 Å². The number of morpholine rings is 1. The van der Waals surface area contributed by atoms with Crippen LogP contribution in [-0.4, -0.2) is 55.2 Å². The smallest absolute Gasteiger partial charge is 0.260 e. The van der Waals surface area contributed by atoms with Crippen molar-refractivity contribution in [3.05, 3.63) is 58.1 Å². The fraction of sp³-hybridized carbons (Fsp3) is 0.440. The van der Waals surface area contributed by atoms with E-state index in [2.05, 4.69) is 36.9 Å². The van der Waals surface area contributed by atoms with E-state index < -0.39 is 0 Å². The molecule has 5 nitrogen and oxygen atoms in total. The van der Waals surface area contributed by atoms with E-state index in [1.54, 1.807) is 11.3 Å². The van der Waals surface area contributed by atoms with Crippen LogP contribution < -0.4 is 4.90 Å². The molecule has 0 atom stereocenters. The molecule has 0 aliphatic carbocycles. The summed E-state index contributed by atoms with van der Waals surface area (Å²) in [6.07, 6.45) is 0.907. The normalized spacial score (nSPS) is 14.8. The Morgan fingerprint density at radius 2 is 1.81 bits per heavy atom. The number of nitrogens with zero attached hydrogens (tertiary/aromatic N) is 3. The number of aromatic nitrogens is 1. The van der Waals surface area contributed by atoms with Crippen LogP contribution in [0.1, 0.15) is 39.0 Å². The molecular formula is C25H31N3O2S. The van der Waals surface area contributed by atoms with Gasteiger partial charge >= 0.3 is 0 Å². The van der Waals surface area contributed by atoms with Crippen LogP contribution in [0.5, 0.6) is 0 Å². The Hall–Kier alpha value is -2.28. The van der Waals surface area contributed by atoms with Crippen molar-refractivity contribution in [2.75, 3.05) is 44.3 Å². The minimum absolute atomic E-state index is 0.0298. The molecule has 0 unspecified atom stereocenters. The predicted molar refractivity (Wildman–Crippen MR) is 129 cm³/mol. The Balaban J connectivity index is 1.63. The molecule has 2 aromatic carbocycles. The van der Waals surface area contributed by atoms with E-state index in [1.165, 1.54) is 11.1 Å². The van der Waals surface area contributed by atoms with Crippen molar-refractivity contribution < 1.29 is 9.53 Å². The second-order valence-corrected chi connectivity index (χ2v) is 9.50. The zero-order valence-electron chi connectivity index (χ0n) is 18.9. The van der Waals surface area contributed by atoms with Crippen LogP contribution in [0, 0.1) is 27.7 Å². The summed E-state index contributed by atoms with van der Waals surface area (Å²) in [4.78, 5) is 22.8. The van der Waals surface area contributed by atoms with E-state index in [0.717, 1.165) is 71.3 Å². The molecule has 1 amide bonds. The first kappa shape index (κ1) is 21.9. The molecule has 1 aromatic heterocycles. The van der Waals surface area contributed by atoms with Gasteiger partial charge in [0.25, 0.3) is 5.91 Å². The van der Waals surface area contributed by atoms with E-state index in [9.17, 15) is 4.79 Å². The Labute approximate surface area is 188 Å². The van der Waals surface area contributed by atoms with Gasteiger partial charge in [0, 0.05) is 31.7 Å². The molecule has 1 aliphatic rings.